The Morgan fingerprint density at radius 3 is 2.03 bits per heavy atom. The number of benzene rings is 2. The first-order chi connectivity index (χ1) is 15.0. The van der Waals surface area contributed by atoms with Gasteiger partial charge in [0.15, 0.2) is 0 Å². The highest BCUT2D eigenvalue weighted by atomic mass is 16.5. The normalized spacial score (nSPS) is 10.7. The summed E-state index contributed by atoms with van der Waals surface area (Å²) in [5.41, 5.74) is 14.1. The molecule has 5 heteroatoms. The molecule has 0 bridgehead atoms. The molecule has 1 aromatic heterocycles. The molecule has 31 heavy (non-hydrogen) atoms. The summed E-state index contributed by atoms with van der Waals surface area (Å²) in [6, 6.07) is 24.5. The zero-order chi connectivity index (χ0) is 22.7. The minimum atomic E-state index is -0.258. The topological polar surface area (TPSA) is 98.0 Å². The van der Waals surface area contributed by atoms with E-state index >= 15 is 0 Å². The van der Waals surface area contributed by atoms with Crippen molar-refractivity contribution in [2.75, 3.05) is 13.7 Å². The van der Waals surface area contributed by atoms with E-state index in [-0.39, 0.29) is 11.3 Å². The van der Waals surface area contributed by atoms with Gasteiger partial charge in [-0.2, -0.15) is 0 Å². The first-order valence-electron chi connectivity index (χ1n) is 10.6. The third-order valence-electron chi connectivity index (χ3n) is 5.15. The number of rotatable bonds is 9. The predicted octanol–water partition coefficient (Wildman–Crippen LogP) is 5.50. The maximum absolute atomic E-state index is 7.66. The molecule has 0 spiro atoms. The third kappa shape index (κ3) is 7.23. The Balaban J connectivity index is 0.00000166. The standard InChI is InChI=1S/C25H29N3O.CH5N/c1-25(2,24(26)27)15-9-10-16-29-23-18-21(19-11-5-3-6-12-19)17-22(28-23)20-13-7-4-8-14-20;1-2/h3-8,11-14,17-18H,9-10,15-16H2,1-2H3,(H3,26,27);2H2,1H3. The van der Waals surface area contributed by atoms with Gasteiger partial charge in [-0.3, -0.25) is 5.41 Å². The number of hydrogen-bond acceptors (Lipinski definition) is 4. The van der Waals surface area contributed by atoms with Crippen molar-refractivity contribution < 1.29 is 4.74 Å². The number of nitrogens with one attached hydrogen (secondary N) is 1. The van der Waals surface area contributed by atoms with Crippen LogP contribution in [0, 0.1) is 10.8 Å². The van der Waals surface area contributed by atoms with E-state index < -0.39 is 0 Å². The highest BCUT2D eigenvalue weighted by Gasteiger charge is 2.20. The van der Waals surface area contributed by atoms with Gasteiger partial charge in [0.2, 0.25) is 5.88 Å². The lowest BCUT2D eigenvalue weighted by molar-refractivity contribution is 0.286. The lowest BCUT2D eigenvalue weighted by Gasteiger charge is -2.22. The van der Waals surface area contributed by atoms with Crippen LogP contribution in [0.15, 0.2) is 72.8 Å². The lowest BCUT2D eigenvalue weighted by Crippen LogP contribution is -2.30. The molecule has 164 valence electrons. The SMILES string of the molecule is CC(C)(CCCCOc1cc(-c2ccccc2)cc(-c2ccccc2)n1)C(=N)N.CN. The molecule has 2 aromatic carbocycles. The number of hydrogen-bond donors (Lipinski definition) is 3. The molecule has 0 saturated carbocycles. The summed E-state index contributed by atoms with van der Waals surface area (Å²) in [6.45, 7) is 4.61. The number of aromatic nitrogens is 1. The van der Waals surface area contributed by atoms with Crippen molar-refractivity contribution in [1.82, 2.24) is 4.98 Å². The molecule has 0 aliphatic carbocycles. The summed E-state index contributed by atoms with van der Waals surface area (Å²) < 4.78 is 6.01. The Morgan fingerprint density at radius 2 is 1.45 bits per heavy atom. The second-order valence-electron chi connectivity index (χ2n) is 7.91. The van der Waals surface area contributed by atoms with Crippen LogP contribution in [0.4, 0.5) is 0 Å². The Labute approximate surface area is 186 Å². The molecule has 0 fully saturated rings. The summed E-state index contributed by atoms with van der Waals surface area (Å²) >= 11 is 0. The van der Waals surface area contributed by atoms with Crippen LogP contribution >= 0.6 is 0 Å². The summed E-state index contributed by atoms with van der Waals surface area (Å²) in [6.07, 6.45) is 2.73. The minimum Gasteiger partial charge on any atom is -0.478 e. The van der Waals surface area contributed by atoms with Crippen LogP contribution in [0.3, 0.4) is 0 Å². The zero-order valence-electron chi connectivity index (χ0n) is 18.8. The Hall–Kier alpha value is -3.18. The third-order valence-corrected chi connectivity index (χ3v) is 5.15. The monoisotopic (exact) mass is 418 g/mol. The minimum absolute atomic E-state index is 0.239. The van der Waals surface area contributed by atoms with Crippen molar-refractivity contribution in [2.24, 2.45) is 16.9 Å². The van der Waals surface area contributed by atoms with E-state index in [1.165, 1.54) is 7.05 Å². The summed E-state index contributed by atoms with van der Waals surface area (Å²) in [4.78, 5) is 4.73. The van der Waals surface area contributed by atoms with Gasteiger partial charge in [-0.15, -0.1) is 0 Å². The fourth-order valence-corrected chi connectivity index (χ4v) is 3.11. The Kier molecular flexibility index (Phi) is 9.22. The van der Waals surface area contributed by atoms with Crippen molar-refractivity contribution in [3.8, 4) is 28.3 Å². The number of nitrogens with two attached hydrogens (primary N) is 2. The van der Waals surface area contributed by atoms with E-state index in [0.717, 1.165) is 41.6 Å². The lowest BCUT2D eigenvalue weighted by atomic mass is 9.86. The quantitative estimate of drug-likeness (QED) is 0.243. The number of pyridine rings is 1. The number of nitrogens with zero attached hydrogens (tertiary/aromatic N) is 1. The van der Waals surface area contributed by atoms with Crippen molar-refractivity contribution >= 4 is 5.84 Å². The highest BCUT2D eigenvalue weighted by molar-refractivity contribution is 5.82. The summed E-state index contributed by atoms with van der Waals surface area (Å²) in [7, 11) is 1.50. The van der Waals surface area contributed by atoms with Gasteiger partial charge in [-0.1, -0.05) is 74.5 Å². The van der Waals surface area contributed by atoms with Crippen LogP contribution in [0.2, 0.25) is 0 Å². The fraction of sp³-hybridized carbons (Fsp3) is 0.308. The van der Waals surface area contributed by atoms with Crippen molar-refractivity contribution in [1.29, 1.82) is 5.41 Å². The van der Waals surface area contributed by atoms with Crippen molar-refractivity contribution in [2.45, 2.75) is 33.1 Å². The molecule has 0 atom stereocenters. The number of amidine groups is 1. The van der Waals surface area contributed by atoms with E-state index in [0.29, 0.717) is 12.5 Å². The molecule has 3 aromatic rings. The van der Waals surface area contributed by atoms with Gasteiger partial charge in [0, 0.05) is 17.0 Å². The molecule has 1 heterocycles. The molecular formula is C26H34N4O. The van der Waals surface area contributed by atoms with Crippen LogP contribution < -0.4 is 16.2 Å². The van der Waals surface area contributed by atoms with Gasteiger partial charge in [0.05, 0.1) is 18.1 Å². The summed E-state index contributed by atoms with van der Waals surface area (Å²) in [5.74, 6) is 0.874. The maximum Gasteiger partial charge on any atom is 0.214 e. The second-order valence-corrected chi connectivity index (χ2v) is 7.91. The van der Waals surface area contributed by atoms with Crippen molar-refractivity contribution in [3.05, 3.63) is 72.8 Å². The molecule has 0 amide bonds. The molecule has 5 nitrogen and oxygen atoms in total. The molecule has 0 unspecified atom stereocenters. The Bertz CT molecular complexity index is 882. The summed E-state index contributed by atoms with van der Waals surface area (Å²) in [5, 5.41) is 7.66. The fourth-order valence-electron chi connectivity index (χ4n) is 3.11. The molecular weight excluding hydrogens is 384 g/mol. The number of ether oxygens (including phenoxy) is 1. The second kappa shape index (κ2) is 11.9. The van der Waals surface area contributed by atoms with Crippen LogP contribution in [0.25, 0.3) is 22.4 Å². The van der Waals surface area contributed by atoms with E-state index in [1.807, 2.05) is 56.3 Å². The van der Waals surface area contributed by atoms with Crippen LogP contribution in [0.5, 0.6) is 5.88 Å². The van der Waals surface area contributed by atoms with E-state index in [4.69, 9.17) is 20.9 Å². The first kappa shape index (κ1) is 24.1. The molecule has 0 saturated heterocycles. The molecule has 0 aliphatic heterocycles. The average molecular weight is 419 g/mol. The van der Waals surface area contributed by atoms with Gasteiger partial charge < -0.3 is 16.2 Å². The maximum atomic E-state index is 7.66. The van der Waals surface area contributed by atoms with Crippen LogP contribution in [-0.2, 0) is 0 Å². The van der Waals surface area contributed by atoms with Gasteiger partial charge in [-0.25, -0.2) is 4.98 Å². The first-order valence-corrected chi connectivity index (χ1v) is 10.6. The van der Waals surface area contributed by atoms with E-state index in [1.54, 1.807) is 0 Å². The van der Waals surface area contributed by atoms with Gasteiger partial charge >= 0.3 is 0 Å². The molecule has 5 N–H and O–H groups in total. The largest absolute Gasteiger partial charge is 0.478 e. The number of unbranched alkanes of at least 4 members (excludes halogenated alkanes) is 1. The average Bonchev–Trinajstić information content (AvgIpc) is 2.81. The highest BCUT2D eigenvalue weighted by Crippen LogP contribution is 2.29. The van der Waals surface area contributed by atoms with Gasteiger partial charge in [-0.05, 0) is 43.5 Å². The van der Waals surface area contributed by atoms with Gasteiger partial charge in [0.25, 0.3) is 0 Å². The molecule has 3 rings (SSSR count). The van der Waals surface area contributed by atoms with Gasteiger partial charge in [0.1, 0.15) is 0 Å². The van der Waals surface area contributed by atoms with Crippen LogP contribution in [-0.4, -0.2) is 24.5 Å². The van der Waals surface area contributed by atoms with Crippen molar-refractivity contribution in [3.63, 3.8) is 0 Å². The predicted molar refractivity (Wildman–Crippen MR) is 130 cm³/mol. The smallest absolute Gasteiger partial charge is 0.214 e. The molecule has 0 aliphatic rings. The Morgan fingerprint density at radius 1 is 0.871 bits per heavy atom. The van der Waals surface area contributed by atoms with E-state index in [2.05, 4.69) is 36.1 Å². The molecule has 0 radical (unpaired) electrons. The van der Waals surface area contributed by atoms with Crippen LogP contribution in [0.1, 0.15) is 33.1 Å². The zero-order valence-corrected chi connectivity index (χ0v) is 18.8. The van der Waals surface area contributed by atoms with E-state index in [9.17, 15) is 0 Å².